The van der Waals surface area contributed by atoms with Gasteiger partial charge in [-0.2, -0.15) is 0 Å². The first-order chi connectivity index (χ1) is 8.80. The lowest BCUT2D eigenvalue weighted by molar-refractivity contribution is -0.141. The monoisotopic (exact) mass is 284 g/mol. The van der Waals surface area contributed by atoms with Crippen molar-refractivity contribution >= 4 is 29.2 Å². The molecule has 1 atom stereocenters. The molecule has 0 spiro atoms. The molecule has 6 heteroatoms. The van der Waals surface area contributed by atoms with Crippen molar-refractivity contribution in [3.63, 3.8) is 0 Å². The van der Waals surface area contributed by atoms with E-state index in [-0.39, 0.29) is 10.6 Å². The third kappa shape index (κ3) is 3.61. The Bertz CT molecular complexity index is 505. The molecule has 0 aromatic heterocycles. The number of carboxylic acids is 1. The van der Waals surface area contributed by atoms with Crippen LogP contribution >= 0.6 is 11.6 Å². The fourth-order valence-corrected chi connectivity index (χ4v) is 2.02. The lowest BCUT2D eigenvalue weighted by atomic mass is 9.96. The highest BCUT2D eigenvalue weighted by molar-refractivity contribution is 6.33. The molecule has 1 unspecified atom stereocenters. The summed E-state index contributed by atoms with van der Waals surface area (Å²) >= 11 is 6.02. The number of amides is 1. The molecule has 104 valence electrons. The minimum atomic E-state index is -1.10. The Hall–Kier alpha value is -1.75. The van der Waals surface area contributed by atoms with Crippen LogP contribution < -0.4 is 11.1 Å². The first-order valence-corrected chi connectivity index (χ1v) is 6.29. The summed E-state index contributed by atoms with van der Waals surface area (Å²) in [6, 6.07) is 4.48. The van der Waals surface area contributed by atoms with Crippen LogP contribution in [0, 0.1) is 0 Å². The van der Waals surface area contributed by atoms with Crippen molar-refractivity contribution in [2.75, 3.05) is 5.32 Å². The molecule has 1 aromatic carbocycles. The Labute approximate surface area is 116 Å². The van der Waals surface area contributed by atoms with E-state index in [2.05, 4.69) is 5.32 Å². The summed E-state index contributed by atoms with van der Waals surface area (Å²) in [5.74, 6) is -1.53. The zero-order chi connectivity index (χ0) is 14.6. The van der Waals surface area contributed by atoms with Gasteiger partial charge in [0.25, 0.3) is 0 Å². The van der Waals surface area contributed by atoms with Gasteiger partial charge in [-0.25, -0.2) is 4.79 Å². The third-order valence-electron chi connectivity index (χ3n) is 2.89. The predicted octanol–water partition coefficient (Wildman–Crippen LogP) is 2.49. The van der Waals surface area contributed by atoms with Crippen molar-refractivity contribution in [1.29, 1.82) is 0 Å². The van der Waals surface area contributed by atoms with Crippen LogP contribution in [0.2, 0.25) is 5.02 Å². The summed E-state index contributed by atoms with van der Waals surface area (Å²) < 4.78 is 0. The molecule has 0 aliphatic carbocycles. The van der Waals surface area contributed by atoms with Gasteiger partial charge in [0.15, 0.2) is 0 Å². The first-order valence-electron chi connectivity index (χ1n) is 5.91. The number of nitrogens with one attached hydrogen (secondary N) is 1. The van der Waals surface area contributed by atoms with Gasteiger partial charge in [0.1, 0.15) is 5.54 Å². The lowest BCUT2D eigenvalue weighted by Gasteiger charge is -2.27. The van der Waals surface area contributed by atoms with E-state index >= 15 is 0 Å². The minimum absolute atomic E-state index is 0.264. The van der Waals surface area contributed by atoms with Crippen molar-refractivity contribution in [1.82, 2.24) is 0 Å². The molecule has 0 fully saturated rings. The molecule has 19 heavy (non-hydrogen) atoms. The van der Waals surface area contributed by atoms with Crippen LogP contribution in [0.3, 0.4) is 0 Å². The van der Waals surface area contributed by atoms with E-state index in [9.17, 15) is 14.7 Å². The number of hydrogen-bond acceptors (Lipinski definition) is 3. The first kappa shape index (κ1) is 15.3. The summed E-state index contributed by atoms with van der Waals surface area (Å²) in [5.41, 5.74) is 4.78. The maximum Gasteiger partial charge on any atom is 0.329 e. The SMILES string of the molecule is CCCC(C)(Nc1ccc(C(N)=O)cc1Cl)C(=O)O. The number of carbonyl (C=O) groups is 2. The van der Waals surface area contributed by atoms with Crippen molar-refractivity contribution in [2.45, 2.75) is 32.2 Å². The zero-order valence-corrected chi connectivity index (χ0v) is 11.6. The molecule has 0 aliphatic rings. The quantitative estimate of drug-likeness (QED) is 0.748. The van der Waals surface area contributed by atoms with E-state index in [4.69, 9.17) is 17.3 Å². The Morgan fingerprint density at radius 3 is 2.53 bits per heavy atom. The number of aliphatic carboxylic acids is 1. The van der Waals surface area contributed by atoms with E-state index in [1.807, 2.05) is 6.92 Å². The van der Waals surface area contributed by atoms with Crippen LogP contribution in [0.4, 0.5) is 5.69 Å². The smallest absolute Gasteiger partial charge is 0.329 e. The standard InChI is InChI=1S/C13H17ClN2O3/c1-3-6-13(2,12(18)19)16-10-5-4-8(11(15)17)7-9(10)14/h4-5,7,16H,3,6H2,1-2H3,(H2,15,17)(H,18,19). The summed E-state index contributed by atoms with van der Waals surface area (Å²) in [5, 5.41) is 12.4. The Balaban J connectivity index is 3.04. The summed E-state index contributed by atoms with van der Waals surface area (Å²) in [6.07, 6.45) is 1.17. The molecule has 4 N–H and O–H groups in total. The van der Waals surface area contributed by atoms with Crippen molar-refractivity contribution in [3.05, 3.63) is 28.8 Å². The number of rotatable bonds is 6. The molecular weight excluding hydrogens is 268 g/mol. The fraction of sp³-hybridized carbons (Fsp3) is 0.385. The highest BCUT2D eigenvalue weighted by Crippen LogP contribution is 2.28. The van der Waals surface area contributed by atoms with Gasteiger partial charge in [-0.3, -0.25) is 4.79 Å². The molecule has 0 saturated heterocycles. The fourth-order valence-electron chi connectivity index (χ4n) is 1.79. The summed E-state index contributed by atoms with van der Waals surface area (Å²) in [4.78, 5) is 22.3. The van der Waals surface area contributed by atoms with Gasteiger partial charge in [-0.05, 0) is 31.5 Å². The van der Waals surface area contributed by atoms with Gasteiger partial charge >= 0.3 is 5.97 Å². The maximum atomic E-state index is 11.3. The van der Waals surface area contributed by atoms with Crippen molar-refractivity contribution < 1.29 is 14.7 Å². The van der Waals surface area contributed by atoms with Gasteiger partial charge in [-0.1, -0.05) is 24.9 Å². The topological polar surface area (TPSA) is 92.4 Å². The molecule has 0 radical (unpaired) electrons. The number of carboxylic acid groups (broad SMARTS) is 1. The minimum Gasteiger partial charge on any atom is -0.480 e. The van der Waals surface area contributed by atoms with E-state index in [0.29, 0.717) is 18.5 Å². The third-order valence-corrected chi connectivity index (χ3v) is 3.20. The van der Waals surface area contributed by atoms with Gasteiger partial charge < -0.3 is 16.2 Å². The highest BCUT2D eigenvalue weighted by atomic mass is 35.5. The van der Waals surface area contributed by atoms with E-state index in [1.54, 1.807) is 13.0 Å². The summed E-state index contributed by atoms with van der Waals surface area (Å²) in [7, 11) is 0. The second kappa shape index (κ2) is 5.93. The Kier molecular flexibility index (Phi) is 4.78. The van der Waals surface area contributed by atoms with E-state index in [1.165, 1.54) is 12.1 Å². The van der Waals surface area contributed by atoms with E-state index < -0.39 is 17.4 Å². The van der Waals surface area contributed by atoms with Gasteiger partial charge in [0, 0.05) is 5.56 Å². The molecular formula is C13H17ClN2O3. The van der Waals surface area contributed by atoms with E-state index in [0.717, 1.165) is 0 Å². The van der Waals surface area contributed by atoms with Crippen LogP contribution in [-0.4, -0.2) is 22.5 Å². The number of halogens is 1. The Morgan fingerprint density at radius 1 is 1.47 bits per heavy atom. The largest absolute Gasteiger partial charge is 0.480 e. The number of nitrogens with two attached hydrogens (primary N) is 1. The highest BCUT2D eigenvalue weighted by Gasteiger charge is 2.32. The molecule has 0 bridgehead atoms. The van der Waals surface area contributed by atoms with Crippen LogP contribution in [-0.2, 0) is 4.79 Å². The van der Waals surface area contributed by atoms with Crippen LogP contribution in [0.15, 0.2) is 18.2 Å². The molecule has 0 saturated carbocycles. The number of primary amides is 1. The number of hydrogen-bond donors (Lipinski definition) is 3. The summed E-state index contributed by atoms with van der Waals surface area (Å²) in [6.45, 7) is 3.50. The Morgan fingerprint density at radius 2 is 2.11 bits per heavy atom. The molecule has 0 heterocycles. The molecule has 1 rings (SSSR count). The lowest BCUT2D eigenvalue weighted by Crippen LogP contribution is -2.43. The van der Waals surface area contributed by atoms with Crippen LogP contribution in [0.25, 0.3) is 0 Å². The maximum absolute atomic E-state index is 11.3. The zero-order valence-electron chi connectivity index (χ0n) is 10.9. The molecule has 5 nitrogen and oxygen atoms in total. The molecule has 1 amide bonds. The van der Waals surface area contributed by atoms with Crippen molar-refractivity contribution in [2.24, 2.45) is 5.73 Å². The number of carbonyl (C=O) groups excluding carboxylic acids is 1. The van der Waals surface area contributed by atoms with Gasteiger partial charge in [-0.15, -0.1) is 0 Å². The predicted molar refractivity (Wildman–Crippen MR) is 74.5 cm³/mol. The van der Waals surface area contributed by atoms with Crippen LogP contribution in [0.1, 0.15) is 37.0 Å². The van der Waals surface area contributed by atoms with Crippen LogP contribution in [0.5, 0.6) is 0 Å². The normalized spacial score (nSPS) is 13.6. The second-order valence-corrected chi connectivity index (χ2v) is 4.98. The second-order valence-electron chi connectivity index (χ2n) is 4.57. The average molecular weight is 285 g/mol. The number of anilines is 1. The average Bonchev–Trinajstić information content (AvgIpc) is 2.31. The van der Waals surface area contributed by atoms with Gasteiger partial charge in [0.2, 0.25) is 5.91 Å². The number of benzene rings is 1. The molecule has 0 aliphatic heterocycles. The van der Waals surface area contributed by atoms with Crippen molar-refractivity contribution in [3.8, 4) is 0 Å². The molecule has 1 aromatic rings. The van der Waals surface area contributed by atoms with Gasteiger partial charge in [0.05, 0.1) is 10.7 Å².